The Balaban J connectivity index is 1.57. The number of nitrogens with zero attached hydrogens (tertiary/aromatic N) is 2. The molecule has 2 heterocycles. The Kier molecular flexibility index (Phi) is 8.57. The van der Waals surface area contributed by atoms with E-state index >= 15 is 0 Å². The molecule has 31 heavy (non-hydrogen) atoms. The molecule has 9 nitrogen and oxygen atoms in total. The molecule has 0 aliphatic heterocycles. The van der Waals surface area contributed by atoms with Gasteiger partial charge < -0.3 is 29.2 Å². The molecule has 3 aromatic rings. The quantitative estimate of drug-likeness (QED) is 0.341. The van der Waals surface area contributed by atoms with Gasteiger partial charge in [-0.3, -0.25) is 4.57 Å². The van der Waals surface area contributed by atoms with Gasteiger partial charge >= 0.3 is 7.60 Å². The minimum absolute atomic E-state index is 0.0603. The molecule has 0 aliphatic rings. The van der Waals surface area contributed by atoms with Gasteiger partial charge in [-0.1, -0.05) is 30.3 Å². The second-order valence-electron chi connectivity index (χ2n) is 6.90. The van der Waals surface area contributed by atoms with E-state index in [2.05, 4.69) is 20.3 Å². The second kappa shape index (κ2) is 11.4. The molecular formula is C21H29N4O5P. The summed E-state index contributed by atoms with van der Waals surface area (Å²) in [5.74, 6) is 0.481. The maximum absolute atomic E-state index is 12.5. The first kappa shape index (κ1) is 23.4. The molecule has 0 bridgehead atoms. The lowest BCUT2D eigenvalue weighted by molar-refractivity contribution is 0.166. The Morgan fingerprint density at radius 1 is 1.16 bits per heavy atom. The predicted molar refractivity (Wildman–Crippen MR) is 118 cm³/mol. The van der Waals surface area contributed by atoms with Crippen molar-refractivity contribution in [2.75, 3.05) is 25.9 Å². The molecule has 3 rings (SSSR count). The molecule has 0 radical (unpaired) electrons. The second-order valence-corrected chi connectivity index (χ2v) is 9.01. The van der Waals surface area contributed by atoms with Crippen molar-refractivity contribution in [3.63, 3.8) is 0 Å². The summed E-state index contributed by atoms with van der Waals surface area (Å²) in [6.07, 6.45) is 2.37. The smallest absolute Gasteiger partial charge is 0.333 e. The first-order valence-electron chi connectivity index (χ1n) is 10.3. The van der Waals surface area contributed by atoms with Gasteiger partial charge in [-0.15, -0.1) is 0 Å². The fourth-order valence-electron chi connectivity index (χ4n) is 3.17. The van der Waals surface area contributed by atoms with E-state index in [1.807, 2.05) is 36.5 Å². The van der Waals surface area contributed by atoms with Gasteiger partial charge in [-0.05, 0) is 19.4 Å². The maximum Gasteiger partial charge on any atom is 0.333 e. The number of aromatic amines is 1. The number of fused-ring (bicyclic) bond motifs is 1. The number of benzene rings is 1. The van der Waals surface area contributed by atoms with Gasteiger partial charge in [0.05, 0.1) is 31.0 Å². The van der Waals surface area contributed by atoms with Gasteiger partial charge in [0.2, 0.25) is 5.88 Å². The highest BCUT2D eigenvalue weighted by atomic mass is 31.2. The number of ether oxygens (including phenoxy) is 1. The normalized spacial score (nSPS) is 12.9. The Bertz CT molecular complexity index is 988. The lowest BCUT2D eigenvalue weighted by Crippen LogP contribution is -2.29. The van der Waals surface area contributed by atoms with Crippen LogP contribution in [0.2, 0.25) is 0 Å². The van der Waals surface area contributed by atoms with Crippen LogP contribution in [0.1, 0.15) is 25.0 Å². The summed E-state index contributed by atoms with van der Waals surface area (Å²) in [7, 11) is -3.29. The summed E-state index contributed by atoms with van der Waals surface area (Å²) in [5.41, 5.74) is 3.42. The van der Waals surface area contributed by atoms with E-state index in [1.165, 1.54) is 6.33 Å². The number of aliphatic hydroxyl groups excluding tert-OH is 1. The number of hydrogen-bond donors (Lipinski definition) is 3. The van der Waals surface area contributed by atoms with Crippen LogP contribution in [-0.4, -0.2) is 52.1 Å². The maximum atomic E-state index is 12.5. The van der Waals surface area contributed by atoms with Crippen LogP contribution in [0.15, 0.2) is 42.9 Å². The van der Waals surface area contributed by atoms with E-state index in [9.17, 15) is 9.67 Å². The van der Waals surface area contributed by atoms with Crippen molar-refractivity contribution in [2.45, 2.75) is 33.1 Å². The Labute approximate surface area is 181 Å². The third-order valence-electron chi connectivity index (χ3n) is 4.51. The van der Waals surface area contributed by atoms with Gasteiger partial charge in [-0.2, -0.15) is 4.98 Å². The molecule has 168 valence electrons. The molecule has 0 saturated carbocycles. The number of aromatic nitrogens is 3. The van der Waals surface area contributed by atoms with Crippen LogP contribution >= 0.6 is 7.60 Å². The number of rotatable bonds is 13. The zero-order valence-corrected chi connectivity index (χ0v) is 18.7. The van der Waals surface area contributed by atoms with Crippen molar-refractivity contribution in [3.05, 3.63) is 54.0 Å². The van der Waals surface area contributed by atoms with Crippen LogP contribution < -0.4 is 10.1 Å². The third-order valence-corrected chi connectivity index (χ3v) is 6.68. The molecule has 2 aromatic heterocycles. The van der Waals surface area contributed by atoms with Crippen molar-refractivity contribution in [1.82, 2.24) is 20.3 Å². The molecule has 10 heteroatoms. The molecule has 1 aromatic carbocycles. The van der Waals surface area contributed by atoms with Crippen LogP contribution in [0.25, 0.3) is 11.0 Å². The van der Waals surface area contributed by atoms with Crippen molar-refractivity contribution >= 4 is 18.6 Å². The van der Waals surface area contributed by atoms with E-state index in [0.717, 1.165) is 16.6 Å². The zero-order valence-electron chi connectivity index (χ0n) is 17.8. The summed E-state index contributed by atoms with van der Waals surface area (Å²) in [5, 5.41) is 13.4. The van der Waals surface area contributed by atoms with Crippen LogP contribution in [0.3, 0.4) is 0 Å². The van der Waals surface area contributed by atoms with Crippen molar-refractivity contribution in [3.8, 4) is 5.88 Å². The van der Waals surface area contributed by atoms with Gasteiger partial charge in [0, 0.05) is 24.8 Å². The molecule has 3 N–H and O–H groups in total. The van der Waals surface area contributed by atoms with Crippen LogP contribution in [0, 0.1) is 0 Å². The molecule has 0 saturated heterocycles. The van der Waals surface area contributed by atoms with Crippen molar-refractivity contribution in [1.29, 1.82) is 0 Å². The molecule has 0 aliphatic carbocycles. The highest BCUT2D eigenvalue weighted by Gasteiger charge is 2.27. The van der Waals surface area contributed by atoms with E-state index in [1.54, 1.807) is 13.8 Å². The van der Waals surface area contributed by atoms with Crippen LogP contribution in [0.5, 0.6) is 5.88 Å². The third kappa shape index (κ3) is 6.59. The van der Waals surface area contributed by atoms with E-state index in [-0.39, 0.29) is 25.9 Å². The van der Waals surface area contributed by atoms with E-state index in [4.69, 9.17) is 13.8 Å². The number of H-pyrrole nitrogens is 1. The topological polar surface area (TPSA) is 119 Å². The summed E-state index contributed by atoms with van der Waals surface area (Å²) >= 11 is 0. The van der Waals surface area contributed by atoms with Crippen LogP contribution in [0.4, 0.5) is 0 Å². The van der Waals surface area contributed by atoms with Crippen LogP contribution in [-0.2, 0) is 26.8 Å². The summed E-state index contributed by atoms with van der Waals surface area (Å²) in [6.45, 7) is 5.12. The van der Waals surface area contributed by atoms with Gasteiger partial charge in [0.1, 0.15) is 18.5 Å². The number of nitrogens with one attached hydrogen (secondary N) is 2. The SMILES string of the molecule is CCOP(=O)(CC(O)CNCc1c[nH]c2c(OCc3ccccc3)ncnc12)OCC. The fraction of sp³-hybridized carbons (Fsp3) is 0.429. The molecule has 0 spiro atoms. The largest absolute Gasteiger partial charge is 0.471 e. The predicted octanol–water partition coefficient (Wildman–Crippen LogP) is 3.25. The first-order valence-corrected chi connectivity index (χ1v) is 12.0. The standard InChI is InChI=1S/C21H29N4O5P/c1-3-29-31(27,30-4-2)14-18(26)12-22-10-17-11-23-20-19(17)24-15-25-21(20)28-13-16-8-6-5-7-9-16/h5-9,11,15,18,22-23,26H,3-4,10,12-14H2,1-2H3. The molecule has 1 atom stereocenters. The highest BCUT2D eigenvalue weighted by molar-refractivity contribution is 7.53. The van der Waals surface area contributed by atoms with Gasteiger partial charge in [0.25, 0.3) is 0 Å². The van der Waals surface area contributed by atoms with Crippen molar-refractivity contribution < 1.29 is 23.5 Å². The summed E-state index contributed by atoms with van der Waals surface area (Å²) < 4.78 is 28.8. The van der Waals surface area contributed by atoms with Gasteiger partial charge in [-0.25, -0.2) is 4.98 Å². The highest BCUT2D eigenvalue weighted by Crippen LogP contribution is 2.48. The van der Waals surface area contributed by atoms with Gasteiger partial charge in [0.15, 0.2) is 0 Å². The Morgan fingerprint density at radius 2 is 1.90 bits per heavy atom. The zero-order chi connectivity index (χ0) is 22.1. The molecule has 1 unspecified atom stereocenters. The first-order chi connectivity index (χ1) is 15.0. The monoisotopic (exact) mass is 448 g/mol. The number of aliphatic hydroxyl groups is 1. The fourth-order valence-corrected chi connectivity index (χ4v) is 4.89. The van der Waals surface area contributed by atoms with Crippen molar-refractivity contribution in [2.24, 2.45) is 0 Å². The van der Waals surface area contributed by atoms with E-state index in [0.29, 0.717) is 24.5 Å². The number of hydrogen-bond acceptors (Lipinski definition) is 8. The summed E-state index contributed by atoms with van der Waals surface area (Å²) in [6, 6.07) is 9.86. The average Bonchev–Trinajstić information content (AvgIpc) is 3.17. The molecule has 0 fully saturated rings. The average molecular weight is 448 g/mol. The summed E-state index contributed by atoms with van der Waals surface area (Å²) in [4.78, 5) is 11.8. The van der Waals surface area contributed by atoms with E-state index < -0.39 is 13.7 Å². The molecular weight excluding hydrogens is 419 g/mol. The lowest BCUT2D eigenvalue weighted by Gasteiger charge is -2.20. The Hall–Kier alpha value is -2.29. The minimum atomic E-state index is -3.29. The molecule has 0 amide bonds. The lowest BCUT2D eigenvalue weighted by atomic mass is 10.2. The minimum Gasteiger partial charge on any atom is -0.471 e. The Morgan fingerprint density at radius 3 is 2.61 bits per heavy atom.